The molecule has 4 rings (SSSR count). The molecule has 0 bridgehead atoms. The van der Waals surface area contributed by atoms with E-state index in [1.54, 1.807) is 30.5 Å². The van der Waals surface area contributed by atoms with Gasteiger partial charge < -0.3 is 10.1 Å². The standard InChI is InChI=1S/C32H31N3O3S/c1-24(28-10-6-3-7-11-28)34-31(36)21-38-30-18-14-25(15-19-30)20-33-35-32(37)29-16-12-27(13-17-29)23-39-22-26-8-4-2-5-9-26/h2-20,24H,21-23H2,1H3,(H,34,36)(H,35,37)/b33-20+. The van der Waals surface area contributed by atoms with Crippen LogP contribution in [0.15, 0.2) is 114 Å². The van der Waals surface area contributed by atoms with Gasteiger partial charge in [0, 0.05) is 17.1 Å². The van der Waals surface area contributed by atoms with Crippen molar-refractivity contribution in [3.63, 3.8) is 0 Å². The van der Waals surface area contributed by atoms with Crippen molar-refractivity contribution in [2.24, 2.45) is 5.10 Å². The molecule has 0 saturated carbocycles. The third kappa shape index (κ3) is 9.16. The molecule has 0 aliphatic rings. The van der Waals surface area contributed by atoms with Crippen LogP contribution in [-0.2, 0) is 16.3 Å². The van der Waals surface area contributed by atoms with E-state index in [4.69, 9.17) is 4.74 Å². The molecule has 1 atom stereocenters. The topological polar surface area (TPSA) is 79.8 Å². The van der Waals surface area contributed by atoms with E-state index in [9.17, 15) is 9.59 Å². The maximum Gasteiger partial charge on any atom is 0.271 e. The van der Waals surface area contributed by atoms with Gasteiger partial charge >= 0.3 is 0 Å². The van der Waals surface area contributed by atoms with Crippen molar-refractivity contribution < 1.29 is 14.3 Å². The summed E-state index contributed by atoms with van der Waals surface area (Å²) in [5.74, 6) is 1.94. The zero-order chi connectivity index (χ0) is 27.3. The van der Waals surface area contributed by atoms with Crippen molar-refractivity contribution in [3.8, 4) is 5.75 Å². The van der Waals surface area contributed by atoms with E-state index in [2.05, 4.69) is 28.0 Å². The van der Waals surface area contributed by atoms with Crippen molar-refractivity contribution in [2.75, 3.05) is 6.61 Å². The number of nitrogens with zero attached hydrogens (tertiary/aromatic N) is 1. The Balaban J connectivity index is 1.17. The number of hydrazone groups is 1. The van der Waals surface area contributed by atoms with E-state index >= 15 is 0 Å². The van der Waals surface area contributed by atoms with E-state index in [1.807, 2.05) is 91.5 Å². The van der Waals surface area contributed by atoms with E-state index in [-0.39, 0.29) is 24.5 Å². The predicted octanol–water partition coefficient (Wildman–Crippen LogP) is 6.14. The Kier molecular flexibility index (Phi) is 10.3. The van der Waals surface area contributed by atoms with Crippen LogP contribution in [0.2, 0.25) is 0 Å². The van der Waals surface area contributed by atoms with Crippen molar-refractivity contribution in [3.05, 3.63) is 137 Å². The lowest BCUT2D eigenvalue weighted by Crippen LogP contribution is -2.31. The zero-order valence-electron chi connectivity index (χ0n) is 21.7. The molecule has 4 aromatic rings. The number of thioether (sulfide) groups is 1. The molecule has 198 valence electrons. The number of nitrogens with one attached hydrogen (secondary N) is 2. The summed E-state index contributed by atoms with van der Waals surface area (Å²) in [6.45, 7) is 1.85. The Morgan fingerprint density at radius 3 is 2.10 bits per heavy atom. The highest BCUT2D eigenvalue weighted by molar-refractivity contribution is 7.97. The summed E-state index contributed by atoms with van der Waals surface area (Å²) in [5, 5.41) is 6.98. The highest BCUT2D eigenvalue weighted by atomic mass is 32.2. The van der Waals surface area contributed by atoms with E-state index in [0.29, 0.717) is 11.3 Å². The zero-order valence-corrected chi connectivity index (χ0v) is 22.6. The van der Waals surface area contributed by atoms with Gasteiger partial charge in [0.05, 0.1) is 12.3 Å². The number of hydrogen-bond acceptors (Lipinski definition) is 5. The fourth-order valence-corrected chi connectivity index (χ4v) is 4.71. The van der Waals surface area contributed by atoms with Crippen LogP contribution in [0, 0.1) is 0 Å². The smallest absolute Gasteiger partial charge is 0.271 e. The first-order valence-corrected chi connectivity index (χ1v) is 13.8. The van der Waals surface area contributed by atoms with Crippen molar-refractivity contribution in [2.45, 2.75) is 24.5 Å². The SMILES string of the molecule is CC(NC(=O)COc1ccc(/C=N/NC(=O)c2ccc(CSCc3ccccc3)cc2)cc1)c1ccccc1. The Bertz CT molecular complexity index is 1360. The summed E-state index contributed by atoms with van der Waals surface area (Å²) < 4.78 is 5.59. The first-order chi connectivity index (χ1) is 19.1. The maximum absolute atomic E-state index is 12.4. The van der Waals surface area contributed by atoms with Gasteiger partial charge in [-0.15, -0.1) is 0 Å². The molecule has 0 aliphatic carbocycles. The number of carbonyl (C=O) groups is 2. The average Bonchev–Trinajstić information content (AvgIpc) is 2.98. The highest BCUT2D eigenvalue weighted by Crippen LogP contribution is 2.18. The molecule has 2 N–H and O–H groups in total. The van der Waals surface area contributed by atoms with Gasteiger partial charge in [-0.05, 0) is 65.6 Å². The predicted molar refractivity (Wildman–Crippen MR) is 158 cm³/mol. The number of hydrogen-bond donors (Lipinski definition) is 2. The van der Waals surface area contributed by atoms with Gasteiger partial charge in [-0.3, -0.25) is 9.59 Å². The molecule has 39 heavy (non-hydrogen) atoms. The minimum Gasteiger partial charge on any atom is -0.484 e. The molecular formula is C32H31N3O3S. The van der Waals surface area contributed by atoms with Gasteiger partial charge in [0.25, 0.3) is 11.8 Å². The average molecular weight is 538 g/mol. The van der Waals surface area contributed by atoms with Crippen LogP contribution >= 0.6 is 11.8 Å². The molecule has 0 heterocycles. The van der Waals surface area contributed by atoms with Crippen LogP contribution in [-0.4, -0.2) is 24.6 Å². The summed E-state index contributed by atoms with van der Waals surface area (Å²) >= 11 is 1.84. The van der Waals surface area contributed by atoms with Crippen LogP contribution in [0.25, 0.3) is 0 Å². The lowest BCUT2D eigenvalue weighted by atomic mass is 10.1. The second-order valence-corrected chi connectivity index (χ2v) is 9.92. The summed E-state index contributed by atoms with van der Waals surface area (Å²) in [7, 11) is 0. The molecule has 7 heteroatoms. The Morgan fingerprint density at radius 1 is 0.821 bits per heavy atom. The quantitative estimate of drug-likeness (QED) is 0.168. The maximum atomic E-state index is 12.4. The molecular weight excluding hydrogens is 506 g/mol. The number of benzene rings is 4. The Morgan fingerprint density at radius 2 is 1.44 bits per heavy atom. The number of carbonyl (C=O) groups excluding carboxylic acids is 2. The second-order valence-electron chi connectivity index (χ2n) is 8.93. The van der Waals surface area contributed by atoms with Gasteiger partial charge in [-0.25, -0.2) is 5.43 Å². The van der Waals surface area contributed by atoms with Crippen LogP contribution < -0.4 is 15.5 Å². The Hall–Kier alpha value is -4.36. The van der Waals surface area contributed by atoms with Crippen LogP contribution in [0.3, 0.4) is 0 Å². The number of ether oxygens (including phenoxy) is 1. The van der Waals surface area contributed by atoms with Gasteiger partial charge in [0.15, 0.2) is 6.61 Å². The molecule has 0 radical (unpaired) electrons. The van der Waals surface area contributed by atoms with Crippen LogP contribution in [0.5, 0.6) is 5.75 Å². The summed E-state index contributed by atoms with van der Waals surface area (Å²) in [6.07, 6.45) is 1.56. The molecule has 0 aliphatic heterocycles. The number of rotatable bonds is 12. The molecule has 2 amide bonds. The number of amides is 2. The Labute approximate surface area is 233 Å². The van der Waals surface area contributed by atoms with Crippen molar-refractivity contribution in [1.29, 1.82) is 0 Å². The highest BCUT2D eigenvalue weighted by Gasteiger charge is 2.10. The lowest BCUT2D eigenvalue weighted by Gasteiger charge is -2.14. The fourth-order valence-electron chi connectivity index (χ4n) is 3.75. The molecule has 1 unspecified atom stereocenters. The minimum absolute atomic E-state index is 0.0782. The summed E-state index contributed by atoms with van der Waals surface area (Å²) in [6, 6.07) is 34.7. The van der Waals surface area contributed by atoms with Gasteiger partial charge in [0.1, 0.15) is 5.75 Å². The lowest BCUT2D eigenvalue weighted by molar-refractivity contribution is -0.123. The van der Waals surface area contributed by atoms with Gasteiger partial charge in [-0.2, -0.15) is 16.9 Å². The van der Waals surface area contributed by atoms with Gasteiger partial charge in [0.2, 0.25) is 0 Å². The molecule has 0 fully saturated rings. The first-order valence-electron chi connectivity index (χ1n) is 12.7. The largest absolute Gasteiger partial charge is 0.484 e. The third-order valence-corrected chi connectivity index (χ3v) is 6.98. The summed E-state index contributed by atoms with van der Waals surface area (Å²) in [4.78, 5) is 24.6. The summed E-state index contributed by atoms with van der Waals surface area (Å²) in [5.41, 5.74) is 7.40. The minimum atomic E-state index is -0.273. The molecule has 0 aromatic heterocycles. The van der Waals surface area contributed by atoms with Crippen molar-refractivity contribution >= 4 is 29.8 Å². The first kappa shape index (κ1) is 27.7. The molecule has 0 spiro atoms. The second kappa shape index (κ2) is 14.5. The fraction of sp³-hybridized carbons (Fsp3) is 0.156. The monoisotopic (exact) mass is 537 g/mol. The van der Waals surface area contributed by atoms with E-state index < -0.39 is 0 Å². The van der Waals surface area contributed by atoms with Gasteiger partial charge in [-0.1, -0.05) is 72.8 Å². The van der Waals surface area contributed by atoms with Crippen molar-refractivity contribution in [1.82, 2.24) is 10.7 Å². The molecule has 6 nitrogen and oxygen atoms in total. The van der Waals surface area contributed by atoms with E-state index in [1.165, 1.54) is 11.1 Å². The van der Waals surface area contributed by atoms with Crippen LogP contribution in [0.4, 0.5) is 0 Å². The molecule has 4 aromatic carbocycles. The normalized spacial score (nSPS) is 11.6. The third-order valence-electron chi connectivity index (χ3n) is 5.90. The van der Waals surface area contributed by atoms with Crippen LogP contribution in [0.1, 0.15) is 45.6 Å². The van der Waals surface area contributed by atoms with E-state index in [0.717, 1.165) is 22.6 Å². The molecule has 0 saturated heterocycles.